The van der Waals surface area contributed by atoms with Crippen molar-refractivity contribution in [3.05, 3.63) is 89.5 Å². The standard InChI is InChI=1S/C32H38O6/c1-22(2)31(36)38-15-13-28-18-27(10-12-30(28)37-16-14-32(19-33,20-34)21-35)29-11-9-26(17-24(29)4)25-7-5-23(3)6-8-25/h5-12,17-18,33-35H,1,13-16,19-21H2,2-4H3. The van der Waals surface area contributed by atoms with Crippen LogP contribution in [0.15, 0.2) is 72.8 Å². The van der Waals surface area contributed by atoms with E-state index in [4.69, 9.17) is 9.47 Å². The maximum Gasteiger partial charge on any atom is 0.333 e. The Labute approximate surface area is 225 Å². The van der Waals surface area contributed by atoms with Gasteiger partial charge in [-0.1, -0.05) is 60.7 Å². The molecule has 0 amide bonds. The monoisotopic (exact) mass is 518 g/mol. The summed E-state index contributed by atoms with van der Waals surface area (Å²) in [5.74, 6) is 0.182. The molecule has 6 heteroatoms. The molecule has 3 aromatic carbocycles. The molecule has 0 spiro atoms. The van der Waals surface area contributed by atoms with Gasteiger partial charge in [-0.05, 0) is 72.7 Å². The number of aliphatic hydroxyl groups excluding tert-OH is 3. The lowest BCUT2D eigenvalue weighted by Gasteiger charge is -2.27. The molecule has 202 valence electrons. The summed E-state index contributed by atoms with van der Waals surface area (Å²) in [5, 5.41) is 28.8. The van der Waals surface area contributed by atoms with E-state index in [1.807, 2.05) is 18.2 Å². The quantitative estimate of drug-likeness (QED) is 0.217. The van der Waals surface area contributed by atoms with E-state index in [1.165, 1.54) is 11.1 Å². The number of carbonyl (C=O) groups excluding carboxylic acids is 1. The molecule has 0 aliphatic rings. The zero-order chi connectivity index (χ0) is 27.7. The predicted octanol–water partition coefficient (Wildman–Crippen LogP) is 5.03. The molecular weight excluding hydrogens is 480 g/mol. The van der Waals surface area contributed by atoms with E-state index in [0.717, 1.165) is 27.8 Å². The molecule has 0 unspecified atom stereocenters. The molecule has 0 heterocycles. The van der Waals surface area contributed by atoms with Crippen LogP contribution in [0.1, 0.15) is 30.0 Å². The minimum absolute atomic E-state index is 0.171. The summed E-state index contributed by atoms with van der Waals surface area (Å²) in [4.78, 5) is 11.9. The van der Waals surface area contributed by atoms with Gasteiger partial charge < -0.3 is 24.8 Å². The summed E-state index contributed by atoms with van der Waals surface area (Å²) < 4.78 is 11.3. The second kappa shape index (κ2) is 13.4. The summed E-state index contributed by atoms with van der Waals surface area (Å²) in [7, 11) is 0. The Morgan fingerprint density at radius 1 is 0.842 bits per heavy atom. The molecule has 0 saturated heterocycles. The summed E-state index contributed by atoms with van der Waals surface area (Å²) in [6.07, 6.45) is 0.718. The molecule has 0 aromatic heterocycles. The van der Waals surface area contributed by atoms with Crippen molar-refractivity contribution in [2.45, 2.75) is 33.6 Å². The number of hydrogen-bond acceptors (Lipinski definition) is 6. The fourth-order valence-electron chi connectivity index (χ4n) is 4.14. The molecule has 3 aromatic rings. The Morgan fingerprint density at radius 3 is 2.08 bits per heavy atom. The SMILES string of the molecule is C=C(C)C(=O)OCCc1cc(-c2ccc(-c3ccc(C)cc3)cc2C)ccc1OCCC(CO)(CO)CO. The van der Waals surface area contributed by atoms with E-state index in [2.05, 4.69) is 62.9 Å². The van der Waals surface area contributed by atoms with Crippen molar-refractivity contribution >= 4 is 5.97 Å². The Bertz CT molecular complexity index is 1230. The molecule has 0 atom stereocenters. The van der Waals surface area contributed by atoms with E-state index in [9.17, 15) is 20.1 Å². The van der Waals surface area contributed by atoms with E-state index < -0.39 is 11.4 Å². The van der Waals surface area contributed by atoms with Crippen LogP contribution in [0.2, 0.25) is 0 Å². The van der Waals surface area contributed by atoms with E-state index in [1.54, 1.807) is 6.92 Å². The first kappa shape index (κ1) is 29.1. The maximum absolute atomic E-state index is 11.9. The van der Waals surface area contributed by atoms with Crippen molar-refractivity contribution in [2.75, 3.05) is 33.0 Å². The maximum atomic E-state index is 11.9. The van der Waals surface area contributed by atoms with Gasteiger partial charge in [-0.15, -0.1) is 0 Å². The normalized spacial score (nSPS) is 11.3. The molecule has 0 aliphatic carbocycles. The molecule has 0 bridgehead atoms. The van der Waals surface area contributed by atoms with Crippen LogP contribution in [-0.4, -0.2) is 54.3 Å². The Kier molecular flexibility index (Phi) is 10.2. The van der Waals surface area contributed by atoms with Crippen molar-refractivity contribution in [3.8, 4) is 28.0 Å². The molecule has 0 aliphatic heterocycles. The van der Waals surface area contributed by atoms with Crippen molar-refractivity contribution in [2.24, 2.45) is 5.41 Å². The third-order valence-electron chi connectivity index (χ3n) is 6.83. The number of aryl methyl sites for hydroxylation is 2. The lowest BCUT2D eigenvalue weighted by Crippen LogP contribution is -2.35. The van der Waals surface area contributed by atoms with Gasteiger partial charge in [0.15, 0.2) is 0 Å². The van der Waals surface area contributed by atoms with Crippen molar-refractivity contribution in [1.29, 1.82) is 0 Å². The molecule has 38 heavy (non-hydrogen) atoms. The molecule has 0 fully saturated rings. The largest absolute Gasteiger partial charge is 0.493 e. The zero-order valence-corrected chi connectivity index (χ0v) is 22.5. The number of rotatable bonds is 13. The van der Waals surface area contributed by atoms with Gasteiger partial charge in [0.2, 0.25) is 0 Å². The summed E-state index contributed by atoms with van der Waals surface area (Å²) in [6, 6.07) is 20.8. The van der Waals surface area contributed by atoms with Gasteiger partial charge in [-0.3, -0.25) is 0 Å². The average Bonchev–Trinajstić information content (AvgIpc) is 2.92. The van der Waals surface area contributed by atoms with E-state index >= 15 is 0 Å². The summed E-state index contributed by atoms with van der Waals surface area (Å²) in [6.45, 7) is 8.73. The van der Waals surface area contributed by atoms with Crippen LogP contribution in [0.25, 0.3) is 22.3 Å². The van der Waals surface area contributed by atoms with Crippen LogP contribution in [-0.2, 0) is 16.0 Å². The molecular formula is C32H38O6. The highest BCUT2D eigenvalue weighted by Gasteiger charge is 2.28. The van der Waals surface area contributed by atoms with Gasteiger partial charge in [0.05, 0.1) is 33.0 Å². The van der Waals surface area contributed by atoms with Crippen LogP contribution in [0.4, 0.5) is 0 Å². The third-order valence-corrected chi connectivity index (χ3v) is 6.83. The van der Waals surface area contributed by atoms with Gasteiger partial charge in [-0.25, -0.2) is 4.79 Å². The van der Waals surface area contributed by atoms with Gasteiger partial charge in [0.25, 0.3) is 0 Å². The van der Waals surface area contributed by atoms with Gasteiger partial charge in [0, 0.05) is 17.4 Å². The van der Waals surface area contributed by atoms with Gasteiger partial charge >= 0.3 is 5.97 Å². The first-order chi connectivity index (χ1) is 18.2. The van der Waals surface area contributed by atoms with Crippen molar-refractivity contribution in [1.82, 2.24) is 0 Å². The molecule has 0 radical (unpaired) electrons. The molecule has 0 saturated carbocycles. The molecule has 3 N–H and O–H groups in total. The minimum atomic E-state index is -1.01. The number of hydrogen-bond donors (Lipinski definition) is 3. The highest BCUT2D eigenvalue weighted by Crippen LogP contribution is 2.32. The lowest BCUT2D eigenvalue weighted by atomic mass is 9.88. The highest BCUT2D eigenvalue weighted by atomic mass is 16.5. The number of aliphatic hydroxyl groups is 3. The first-order valence-electron chi connectivity index (χ1n) is 12.8. The third kappa shape index (κ3) is 7.32. The second-order valence-corrected chi connectivity index (χ2v) is 9.96. The average molecular weight is 519 g/mol. The lowest BCUT2D eigenvalue weighted by molar-refractivity contribution is -0.138. The number of ether oxygens (including phenoxy) is 2. The van der Waals surface area contributed by atoms with Gasteiger partial charge in [0.1, 0.15) is 5.75 Å². The fraction of sp³-hybridized carbons (Fsp3) is 0.344. The Morgan fingerprint density at radius 2 is 1.47 bits per heavy atom. The minimum Gasteiger partial charge on any atom is -0.493 e. The Balaban J connectivity index is 1.85. The van der Waals surface area contributed by atoms with E-state index in [0.29, 0.717) is 17.7 Å². The second-order valence-electron chi connectivity index (χ2n) is 9.96. The van der Waals surface area contributed by atoms with Crippen LogP contribution in [0, 0.1) is 19.3 Å². The van der Waals surface area contributed by atoms with Crippen LogP contribution in [0.5, 0.6) is 5.75 Å². The number of benzene rings is 3. The summed E-state index contributed by atoms with van der Waals surface area (Å²) >= 11 is 0. The number of carbonyl (C=O) groups is 1. The summed E-state index contributed by atoms with van der Waals surface area (Å²) in [5.41, 5.74) is 6.98. The predicted molar refractivity (Wildman–Crippen MR) is 150 cm³/mol. The van der Waals surface area contributed by atoms with Crippen molar-refractivity contribution in [3.63, 3.8) is 0 Å². The highest BCUT2D eigenvalue weighted by molar-refractivity contribution is 5.86. The van der Waals surface area contributed by atoms with Crippen LogP contribution >= 0.6 is 0 Å². The molecule has 3 rings (SSSR count). The fourth-order valence-corrected chi connectivity index (χ4v) is 4.14. The Hall–Kier alpha value is -3.45. The van der Waals surface area contributed by atoms with Crippen LogP contribution in [0.3, 0.4) is 0 Å². The smallest absolute Gasteiger partial charge is 0.333 e. The van der Waals surface area contributed by atoms with E-state index in [-0.39, 0.29) is 39.5 Å². The number of esters is 1. The molecule has 6 nitrogen and oxygen atoms in total. The van der Waals surface area contributed by atoms with Crippen LogP contribution < -0.4 is 4.74 Å². The topological polar surface area (TPSA) is 96.2 Å². The first-order valence-corrected chi connectivity index (χ1v) is 12.8. The van der Waals surface area contributed by atoms with Gasteiger partial charge in [-0.2, -0.15) is 0 Å². The zero-order valence-electron chi connectivity index (χ0n) is 22.5. The van der Waals surface area contributed by atoms with Crippen molar-refractivity contribution < 1.29 is 29.6 Å².